The van der Waals surface area contributed by atoms with Crippen molar-refractivity contribution < 1.29 is 22.4 Å². The van der Waals surface area contributed by atoms with Gasteiger partial charge in [-0.15, -0.1) is 0 Å². The number of benzene rings is 2. The Bertz CT molecular complexity index is 1070. The molecule has 0 saturated carbocycles. The second kappa shape index (κ2) is 8.20. The molecule has 1 amide bonds. The van der Waals surface area contributed by atoms with Gasteiger partial charge in [0.05, 0.1) is 12.1 Å². The van der Waals surface area contributed by atoms with E-state index in [1.165, 1.54) is 28.8 Å². The largest absolute Gasteiger partial charge is 0.416 e. The van der Waals surface area contributed by atoms with E-state index in [0.717, 1.165) is 23.5 Å². The summed E-state index contributed by atoms with van der Waals surface area (Å²) < 4.78 is 52.2. The highest BCUT2D eigenvalue weighted by molar-refractivity contribution is 7.11. The van der Waals surface area contributed by atoms with Crippen LogP contribution in [0.15, 0.2) is 53.3 Å². The lowest BCUT2D eigenvalue weighted by molar-refractivity contribution is -0.137. The molecule has 0 unspecified atom stereocenters. The molecule has 4 nitrogen and oxygen atoms in total. The molecule has 0 aliphatic heterocycles. The molecule has 0 radical (unpaired) electrons. The molecule has 0 bridgehead atoms. The predicted molar refractivity (Wildman–Crippen MR) is 101 cm³/mol. The van der Waals surface area contributed by atoms with E-state index in [4.69, 9.17) is 0 Å². The monoisotopic (exact) mass is 424 g/mol. The molecule has 1 heterocycles. The van der Waals surface area contributed by atoms with Gasteiger partial charge >= 0.3 is 11.0 Å². The SMILES string of the molecule is Cc1c(C(=O)NCc2ccc(C(F)(F)F)cc2)sc(=O)n1Cc1ccc(F)cc1. The van der Waals surface area contributed by atoms with Gasteiger partial charge in [-0.05, 0) is 42.3 Å². The Kier molecular flexibility index (Phi) is 5.88. The summed E-state index contributed by atoms with van der Waals surface area (Å²) in [5, 5.41) is 2.61. The van der Waals surface area contributed by atoms with Crippen LogP contribution in [0.5, 0.6) is 0 Å². The molecule has 9 heteroatoms. The number of nitrogens with zero attached hydrogens (tertiary/aromatic N) is 1. The van der Waals surface area contributed by atoms with Gasteiger partial charge < -0.3 is 5.32 Å². The first kappa shape index (κ1) is 20.8. The molecule has 0 spiro atoms. The molecule has 29 heavy (non-hydrogen) atoms. The molecule has 0 aliphatic carbocycles. The van der Waals surface area contributed by atoms with Gasteiger partial charge in [-0.1, -0.05) is 35.6 Å². The van der Waals surface area contributed by atoms with Crippen molar-refractivity contribution in [2.45, 2.75) is 26.2 Å². The number of carbonyl (C=O) groups is 1. The van der Waals surface area contributed by atoms with Crippen molar-refractivity contribution in [3.63, 3.8) is 0 Å². The third-order valence-corrected chi connectivity index (χ3v) is 5.42. The third kappa shape index (κ3) is 4.92. The molecule has 0 atom stereocenters. The van der Waals surface area contributed by atoms with Crippen LogP contribution in [0.25, 0.3) is 0 Å². The van der Waals surface area contributed by atoms with Gasteiger partial charge in [0, 0.05) is 12.2 Å². The number of hydrogen-bond donors (Lipinski definition) is 1. The summed E-state index contributed by atoms with van der Waals surface area (Å²) in [4.78, 5) is 24.6. The fraction of sp³-hybridized carbons (Fsp3) is 0.200. The van der Waals surface area contributed by atoms with Crippen LogP contribution in [-0.4, -0.2) is 10.5 Å². The number of amides is 1. The van der Waals surface area contributed by atoms with Gasteiger partial charge in [0.15, 0.2) is 0 Å². The van der Waals surface area contributed by atoms with Crippen molar-refractivity contribution in [2.75, 3.05) is 0 Å². The smallest absolute Gasteiger partial charge is 0.347 e. The first-order valence-corrected chi connectivity index (χ1v) is 9.36. The summed E-state index contributed by atoms with van der Waals surface area (Å²) in [5.74, 6) is -0.867. The van der Waals surface area contributed by atoms with Crippen LogP contribution < -0.4 is 10.2 Å². The average Bonchev–Trinajstić information content (AvgIpc) is 2.96. The van der Waals surface area contributed by atoms with Crippen LogP contribution in [0.3, 0.4) is 0 Å². The zero-order valence-electron chi connectivity index (χ0n) is 15.2. The maximum atomic E-state index is 13.0. The molecule has 152 valence electrons. The molecule has 0 saturated heterocycles. The number of alkyl halides is 3. The Balaban J connectivity index is 1.70. The Morgan fingerprint density at radius 2 is 1.62 bits per heavy atom. The fourth-order valence-corrected chi connectivity index (χ4v) is 3.63. The van der Waals surface area contributed by atoms with Crippen molar-refractivity contribution in [3.8, 4) is 0 Å². The van der Waals surface area contributed by atoms with Gasteiger partial charge in [0.25, 0.3) is 5.91 Å². The number of rotatable bonds is 5. The van der Waals surface area contributed by atoms with Crippen LogP contribution in [0.4, 0.5) is 17.6 Å². The highest BCUT2D eigenvalue weighted by Crippen LogP contribution is 2.29. The minimum atomic E-state index is -4.42. The Labute approximate surface area is 167 Å². The number of aromatic nitrogens is 1. The predicted octanol–water partition coefficient (Wildman–Crippen LogP) is 4.35. The summed E-state index contributed by atoms with van der Waals surface area (Å²) >= 11 is 0.785. The molecule has 1 N–H and O–H groups in total. The van der Waals surface area contributed by atoms with Gasteiger partial charge in [-0.2, -0.15) is 13.2 Å². The van der Waals surface area contributed by atoms with E-state index in [9.17, 15) is 27.2 Å². The summed E-state index contributed by atoms with van der Waals surface area (Å²) in [6, 6.07) is 10.2. The molecule has 2 aromatic carbocycles. The van der Waals surface area contributed by atoms with Crippen molar-refractivity contribution in [3.05, 3.63) is 91.3 Å². The summed E-state index contributed by atoms with van der Waals surface area (Å²) in [6.07, 6.45) is -4.42. The zero-order valence-corrected chi connectivity index (χ0v) is 16.0. The minimum Gasteiger partial charge on any atom is -0.347 e. The first-order chi connectivity index (χ1) is 13.6. The fourth-order valence-electron chi connectivity index (χ4n) is 2.72. The molecule has 0 fully saturated rings. The molecule has 3 rings (SSSR count). The van der Waals surface area contributed by atoms with Crippen molar-refractivity contribution in [1.82, 2.24) is 9.88 Å². The normalized spacial score (nSPS) is 11.5. The van der Waals surface area contributed by atoms with Crippen molar-refractivity contribution in [2.24, 2.45) is 0 Å². The van der Waals surface area contributed by atoms with E-state index in [2.05, 4.69) is 5.32 Å². The number of thiazole rings is 1. The van der Waals surface area contributed by atoms with E-state index < -0.39 is 17.6 Å². The summed E-state index contributed by atoms with van der Waals surface area (Å²) in [5.41, 5.74) is 0.918. The van der Waals surface area contributed by atoms with E-state index in [0.29, 0.717) is 16.8 Å². The van der Waals surface area contributed by atoms with Crippen LogP contribution >= 0.6 is 11.3 Å². The second-order valence-electron chi connectivity index (χ2n) is 6.37. The second-order valence-corrected chi connectivity index (χ2v) is 7.33. The standard InChI is InChI=1S/C20H16F4N2O2S/c1-12-17(29-19(28)26(12)11-14-4-8-16(21)9-5-14)18(27)25-10-13-2-6-15(7-3-13)20(22,23)24/h2-9H,10-11H2,1H3,(H,25,27). The lowest BCUT2D eigenvalue weighted by atomic mass is 10.1. The maximum Gasteiger partial charge on any atom is 0.416 e. The first-order valence-electron chi connectivity index (χ1n) is 8.54. The zero-order chi connectivity index (χ0) is 21.2. The lowest BCUT2D eigenvalue weighted by Gasteiger charge is -2.09. The van der Waals surface area contributed by atoms with Gasteiger partial charge in [0.2, 0.25) is 0 Å². The van der Waals surface area contributed by atoms with Gasteiger partial charge in [-0.3, -0.25) is 14.2 Å². The lowest BCUT2D eigenvalue weighted by Crippen LogP contribution is -2.23. The molecule has 0 aliphatic rings. The maximum absolute atomic E-state index is 13.0. The van der Waals surface area contributed by atoms with E-state index in [1.54, 1.807) is 19.1 Å². The van der Waals surface area contributed by atoms with Crippen molar-refractivity contribution >= 4 is 17.2 Å². The van der Waals surface area contributed by atoms with E-state index in [1.807, 2.05) is 0 Å². The topological polar surface area (TPSA) is 51.1 Å². The number of nitrogens with one attached hydrogen (secondary N) is 1. The molecule has 3 aromatic rings. The van der Waals surface area contributed by atoms with E-state index in [-0.39, 0.29) is 28.7 Å². The van der Waals surface area contributed by atoms with Gasteiger partial charge in [0.1, 0.15) is 10.7 Å². The Morgan fingerprint density at radius 3 is 2.21 bits per heavy atom. The van der Waals surface area contributed by atoms with Crippen LogP contribution in [0, 0.1) is 12.7 Å². The van der Waals surface area contributed by atoms with Gasteiger partial charge in [-0.25, -0.2) is 4.39 Å². The number of carbonyl (C=O) groups excluding carboxylic acids is 1. The molecular weight excluding hydrogens is 408 g/mol. The molecular formula is C20H16F4N2O2S. The third-order valence-electron chi connectivity index (χ3n) is 4.34. The Morgan fingerprint density at radius 1 is 1.03 bits per heavy atom. The van der Waals surface area contributed by atoms with E-state index >= 15 is 0 Å². The highest BCUT2D eigenvalue weighted by atomic mass is 32.1. The summed E-state index contributed by atoms with van der Waals surface area (Å²) in [7, 11) is 0. The minimum absolute atomic E-state index is 0.0282. The number of halogens is 4. The number of hydrogen-bond acceptors (Lipinski definition) is 3. The Hall–Kier alpha value is -2.94. The van der Waals surface area contributed by atoms with Crippen LogP contribution in [0.2, 0.25) is 0 Å². The van der Waals surface area contributed by atoms with Crippen LogP contribution in [-0.2, 0) is 19.3 Å². The quantitative estimate of drug-likeness (QED) is 0.619. The highest BCUT2D eigenvalue weighted by Gasteiger charge is 2.29. The molecule has 1 aromatic heterocycles. The summed E-state index contributed by atoms with van der Waals surface area (Å²) in [6.45, 7) is 1.86. The van der Waals surface area contributed by atoms with Crippen molar-refractivity contribution in [1.29, 1.82) is 0 Å². The average molecular weight is 424 g/mol. The van der Waals surface area contributed by atoms with Crippen LogP contribution in [0.1, 0.15) is 32.1 Å².